The van der Waals surface area contributed by atoms with E-state index in [0.717, 1.165) is 0 Å². The Morgan fingerprint density at radius 2 is 2.50 bits per heavy atom. The number of rotatable bonds is 2. The molecule has 0 bridgehead atoms. The number of carbonyl (C=O) groups is 1. The molecule has 1 aromatic rings. The van der Waals surface area contributed by atoms with Crippen molar-refractivity contribution in [3.63, 3.8) is 0 Å². The molecule has 1 heterocycles. The highest BCUT2D eigenvalue weighted by Crippen LogP contribution is 2.27. The van der Waals surface area contributed by atoms with Crippen molar-refractivity contribution in [1.29, 1.82) is 0 Å². The van der Waals surface area contributed by atoms with Gasteiger partial charge in [0.2, 0.25) is 0 Å². The molecular formula is C7H8ClNO2S. The Kier molecular flexibility index (Phi) is 3.08. The highest BCUT2D eigenvalue weighted by Gasteiger charge is 2.10. The third-order valence-corrected chi connectivity index (χ3v) is 2.43. The molecule has 1 rings (SSSR count). The van der Waals surface area contributed by atoms with E-state index in [9.17, 15) is 4.79 Å². The minimum absolute atomic E-state index is 0.449. The number of carbonyl (C=O) groups excluding carboxylic acids is 1. The molecule has 2 N–H and O–H groups in total. The second kappa shape index (κ2) is 3.89. The number of halogens is 1. The molecule has 0 aliphatic heterocycles. The van der Waals surface area contributed by atoms with E-state index in [4.69, 9.17) is 16.7 Å². The Bertz CT molecular complexity index is 285. The van der Waals surface area contributed by atoms with E-state index in [0.29, 0.717) is 10.0 Å². The van der Waals surface area contributed by atoms with Crippen LogP contribution in [-0.2, 0) is 4.79 Å². The first-order valence-corrected chi connectivity index (χ1v) is 4.59. The van der Waals surface area contributed by atoms with Crippen LogP contribution in [0.3, 0.4) is 0 Å². The molecule has 5 heteroatoms. The lowest BCUT2D eigenvalue weighted by atomic mass is 10.4. The van der Waals surface area contributed by atoms with Crippen molar-refractivity contribution in [3.8, 4) is 0 Å². The molecule has 3 nitrogen and oxygen atoms in total. The quantitative estimate of drug-likeness (QED) is 0.773. The van der Waals surface area contributed by atoms with E-state index >= 15 is 0 Å². The van der Waals surface area contributed by atoms with Gasteiger partial charge in [-0.3, -0.25) is 4.79 Å². The van der Waals surface area contributed by atoms with Crippen molar-refractivity contribution in [2.24, 2.45) is 0 Å². The van der Waals surface area contributed by atoms with Gasteiger partial charge in [0.15, 0.2) is 0 Å². The summed E-state index contributed by atoms with van der Waals surface area (Å²) in [6, 6.07) is 1.69. The van der Waals surface area contributed by atoms with Gasteiger partial charge < -0.3 is 10.4 Å². The minimum atomic E-state index is -1.01. The van der Waals surface area contributed by atoms with Crippen molar-refractivity contribution in [2.75, 3.05) is 5.32 Å². The maximum atomic E-state index is 10.9. The molecule has 12 heavy (non-hydrogen) atoms. The third-order valence-electron chi connectivity index (χ3n) is 1.26. The van der Waals surface area contributed by atoms with Crippen molar-refractivity contribution in [3.05, 3.63) is 15.8 Å². The monoisotopic (exact) mass is 205 g/mol. The van der Waals surface area contributed by atoms with Crippen molar-refractivity contribution >= 4 is 34.5 Å². The summed E-state index contributed by atoms with van der Waals surface area (Å²) in [5.41, 5.74) is 0.549. The summed E-state index contributed by atoms with van der Waals surface area (Å²) in [6.07, 6.45) is -1.01. The first-order valence-electron chi connectivity index (χ1n) is 3.33. The molecule has 66 valence electrons. The molecule has 0 unspecified atom stereocenters. The Morgan fingerprint density at radius 3 is 2.92 bits per heavy atom. The van der Waals surface area contributed by atoms with Crippen LogP contribution >= 0.6 is 22.9 Å². The zero-order chi connectivity index (χ0) is 9.14. The van der Waals surface area contributed by atoms with Gasteiger partial charge in [-0.1, -0.05) is 11.6 Å². The van der Waals surface area contributed by atoms with Gasteiger partial charge in [0.05, 0.1) is 5.69 Å². The third kappa shape index (κ3) is 2.20. The zero-order valence-corrected chi connectivity index (χ0v) is 7.95. The van der Waals surface area contributed by atoms with Gasteiger partial charge in [-0.25, -0.2) is 0 Å². The lowest BCUT2D eigenvalue weighted by Crippen LogP contribution is -2.24. The normalized spacial score (nSPS) is 12.6. The Labute approximate surface area is 79.0 Å². The Balaban J connectivity index is 2.64. The molecule has 0 radical (unpaired) electrons. The number of hydrogen-bond donors (Lipinski definition) is 2. The summed E-state index contributed by atoms with van der Waals surface area (Å²) in [7, 11) is 0. The Hall–Kier alpha value is -0.580. The molecule has 1 amide bonds. The second-order valence-electron chi connectivity index (χ2n) is 2.27. The fourth-order valence-electron chi connectivity index (χ4n) is 0.619. The van der Waals surface area contributed by atoms with Gasteiger partial charge in [-0.2, -0.15) is 0 Å². The molecule has 1 aromatic heterocycles. The highest BCUT2D eigenvalue weighted by atomic mass is 35.5. The van der Waals surface area contributed by atoms with Crippen LogP contribution in [0.15, 0.2) is 11.4 Å². The van der Waals surface area contributed by atoms with Crippen molar-refractivity contribution in [1.82, 2.24) is 0 Å². The molecule has 1 atom stereocenters. The largest absolute Gasteiger partial charge is 0.384 e. The summed E-state index contributed by atoms with van der Waals surface area (Å²) < 4.78 is 0.518. The predicted octanol–water partition coefficient (Wildman–Crippen LogP) is 1.72. The van der Waals surface area contributed by atoms with Crippen LogP contribution in [0, 0.1) is 0 Å². The molecule has 0 aliphatic carbocycles. The van der Waals surface area contributed by atoms with Crippen LogP contribution in [0.5, 0.6) is 0 Å². The molecule has 0 saturated heterocycles. The number of aliphatic hydroxyl groups is 1. The van der Waals surface area contributed by atoms with E-state index in [1.54, 1.807) is 11.4 Å². The lowest BCUT2D eigenvalue weighted by molar-refractivity contribution is -0.123. The van der Waals surface area contributed by atoms with Crippen LogP contribution < -0.4 is 5.32 Å². The smallest absolute Gasteiger partial charge is 0.252 e. The van der Waals surface area contributed by atoms with E-state index < -0.39 is 12.0 Å². The van der Waals surface area contributed by atoms with E-state index in [-0.39, 0.29) is 0 Å². The number of hydrogen-bond acceptors (Lipinski definition) is 3. The van der Waals surface area contributed by atoms with Crippen molar-refractivity contribution in [2.45, 2.75) is 13.0 Å². The maximum absolute atomic E-state index is 10.9. The average molecular weight is 206 g/mol. The minimum Gasteiger partial charge on any atom is -0.384 e. The fourth-order valence-corrected chi connectivity index (χ4v) is 1.45. The van der Waals surface area contributed by atoms with E-state index in [1.165, 1.54) is 18.3 Å². The lowest BCUT2D eigenvalue weighted by Gasteiger charge is -2.04. The number of nitrogens with one attached hydrogen (secondary N) is 1. The van der Waals surface area contributed by atoms with Gasteiger partial charge in [-0.05, 0) is 18.4 Å². The molecule has 0 aromatic carbocycles. The molecule has 0 saturated carbocycles. The van der Waals surface area contributed by atoms with Crippen LogP contribution in [0.1, 0.15) is 6.92 Å². The molecule has 0 spiro atoms. The number of aliphatic hydroxyl groups excluding tert-OH is 1. The number of amides is 1. The first-order chi connectivity index (χ1) is 5.61. The second-order valence-corrected chi connectivity index (χ2v) is 3.79. The van der Waals surface area contributed by atoms with Gasteiger partial charge >= 0.3 is 0 Å². The van der Waals surface area contributed by atoms with Crippen LogP contribution in [0.25, 0.3) is 0 Å². The SMILES string of the molecule is C[C@H](O)C(=O)Nc1ccsc1Cl. The number of thiophene rings is 1. The molecule has 0 aliphatic rings. The van der Waals surface area contributed by atoms with Gasteiger partial charge in [0.1, 0.15) is 10.4 Å². The van der Waals surface area contributed by atoms with Gasteiger partial charge in [0, 0.05) is 0 Å². The summed E-state index contributed by atoms with van der Waals surface area (Å²) >= 11 is 7.04. The van der Waals surface area contributed by atoms with Crippen LogP contribution in [-0.4, -0.2) is 17.1 Å². The summed E-state index contributed by atoms with van der Waals surface area (Å²) in [5.74, 6) is -0.449. The van der Waals surface area contributed by atoms with Gasteiger partial charge in [-0.15, -0.1) is 11.3 Å². The summed E-state index contributed by atoms with van der Waals surface area (Å²) in [6.45, 7) is 1.40. The Morgan fingerprint density at radius 1 is 1.83 bits per heavy atom. The van der Waals surface area contributed by atoms with Crippen LogP contribution in [0.4, 0.5) is 5.69 Å². The standard InChI is InChI=1S/C7H8ClNO2S/c1-4(10)7(11)9-5-2-3-12-6(5)8/h2-4,10H,1H3,(H,9,11)/t4-/m0/s1. The fraction of sp³-hybridized carbons (Fsp3) is 0.286. The number of anilines is 1. The van der Waals surface area contributed by atoms with E-state index in [1.807, 2.05) is 0 Å². The topological polar surface area (TPSA) is 49.3 Å². The zero-order valence-electron chi connectivity index (χ0n) is 6.37. The molecular weight excluding hydrogens is 198 g/mol. The average Bonchev–Trinajstić information content (AvgIpc) is 2.36. The maximum Gasteiger partial charge on any atom is 0.252 e. The van der Waals surface area contributed by atoms with Crippen LogP contribution in [0.2, 0.25) is 4.34 Å². The summed E-state index contributed by atoms with van der Waals surface area (Å²) in [4.78, 5) is 10.9. The summed E-state index contributed by atoms with van der Waals surface area (Å²) in [5, 5.41) is 13.1. The highest BCUT2D eigenvalue weighted by molar-refractivity contribution is 7.15. The predicted molar refractivity (Wildman–Crippen MR) is 49.6 cm³/mol. The molecule has 0 fully saturated rings. The first kappa shape index (κ1) is 9.51. The van der Waals surface area contributed by atoms with Crippen molar-refractivity contribution < 1.29 is 9.90 Å². The van der Waals surface area contributed by atoms with E-state index in [2.05, 4.69) is 5.32 Å². The van der Waals surface area contributed by atoms with Gasteiger partial charge in [0.25, 0.3) is 5.91 Å².